The van der Waals surface area contributed by atoms with E-state index in [1.54, 1.807) is 26.8 Å². The molecule has 0 saturated carbocycles. The molecule has 1 aliphatic rings. The highest BCUT2D eigenvalue weighted by Gasteiger charge is 2.44. The first-order chi connectivity index (χ1) is 9.23. The summed E-state index contributed by atoms with van der Waals surface area (Å²) in [7, 11) is 0. The van der Waals surface area contributed by atoms with Crippen LogP contribution in [0.1, 0.15) is 26.3 Å². The number of fused-ring (bicyclic) bond motifs is 1. The second-order valence-corrected chi connectivity index (χ2v) is 5.44. The molecule has 0 aromatic heterocycles. The first kappa shape index (κ1) is 14.1. The van der Waals surface area contributed by atoms with Crippen molar-refractivity contribution in [3.8, 4) is 0 Å². The van der Waals surface area contributed by atoms with Gasteiger partial charge in [-0.3, -0.25) is 9.69 Å². The van der Waals surface area contributed by atoms with Crippen molar-refractivity contribution in [2.24, 2.45) is 0 Å². The van der Waals surface area contributed by atoms with Crippen LogP contribution in [-0.2, 0) is 9.53 Å². The minimum Gasteiger partial charge on any atom is -0.415 e. The van der Waals surface area contributed by atoms with Crippen LogP contribution in [0.3, 0.4) is 0 Å². The lowest BCUT2D eigenvalue weighted by Gasteiger charge is -2.41. The Hall–Kier alpha value is -2.30. The van der Waals surface area contributed by atoms with E-state index >= 15 is 0 Å². The first-order valence-electron chi connectivity index (χ1n) is 6.33. The number of allylic oxidation sites excluding steroid dienone is 1. The smallest absolute Gasteiger partial charge is 0.415 e. The van der Waals surface area contributed by atoms with Gasteiger partial charge in [-0.15, -0.1) is 0 Å². The van der Waals surface area contributed by atoms with Gasteiger partial charge < -0.3 is 10.1 Å². The minimum absolute atomic E-state index is 0.255. The monoisotopic (exact) mass is 274 g/mol. The fraction of sp³-hybridized carbons (Fsp3) is 0.333. The Labute approximate surface area is 118 Å². The lowest BCUT2D eigenvalue weighted by molar-refractivity contribution is -0.120. The number of carbonyl (C=O) groups is 2. The second kappa shape index (κ2) is 4.67. The molecule has 1 aromatic rings. The van der Waals surface area contributed by atoms with E-state index in [9.17, 15) is 9.59 Å². The zero-order chi connectivity index (χ0) is 15.1. The number of carbonyl (C=O) groups excluding carboxylic acids is 2. The molecule has 0 unspecified atom stereocenters. The molecule has 0 spiro atoms. The molecular weight excluding hydrogens is 256 g/mol. The van der Waals surface area contributed by atoms with E-state index < -0.39 is 11.6 Å². The second-order valence-electron chi connectivity index (χ2n) is 5.44. The van der Waals surface area contributed by atoms with Gasteiger partial charge in [0, 0.05) is 0 Å². The molecule has 0 radical (unpaired) electrons. The van der Waals surface area contributed by atoms with Gasteiger partial charge in [0.05, 0.1) is 17.1 Å². The molecule has 2 rings (SSSR count). The summed E-state index contributed by atoms with van der Waals surface area (Å²) >= 11 is 0. The summed E-state index contributed by atoms with van der Waals surface area (Å²) in [4.78, 5) is 25.8. The summed E-state index contributed by atoms with van der Waals surface area (Å²) in [6, 6.07) is 5.50. The van der Waals surface area contributed by atoms with Gasteiger partial charge in [0.25, 0.3) is 0 Å². The molecule has 0 aliphatic carbocycles. The maximum atomic E-state index is 12.3. The molecule has 2 amide bonds. The topological polar surface area (TPSA) is 58.6 Å². The predicted octanol–water partition coefficient (Wildman–Crippen LogP) is 3.20. The molecule has 0 atom stereocenters. The van der Waals surface area contributed by atoms with Gasteiger partial charge in [0.15, 0.2) is 0 Å². The maximum absolute atomic E-state index is 12.3. The Bertz CT molecular complexity index is 605. The Morgan fingerprint density at radius 2 is 2.05 bits per heavy atom. The number of hydrogen-bond donors (Lipinski definition) is 1. The number of amides is 2. The summed E-state index contributed by atoms with van der Waals surface area (Å²) in [6.07, 6.45) is -0.609. The quantitative estimate of drug-likeness (QED) is 0.800. The number of rotatable bonds is 1. The lowest BCUT2D eigenvalue weighted by atomic mass is 9.96. The Morgan fingerprint density at radius 3 is 2.65 bits per heavy atom. The summed E-state index contributed by atoms with van der Waals surface area (Å²) < 4.78 is 5.07. The Kier molecular flexibility index (Phi) is 3.29. The van der Waals surface area contributed by atoms with E-state index in [0.29, 0.717) is 11.4 Å². The number of nitrogens with zero attached hydrogens (tertiary/aromatic N) is 1. The van der Waals surface area contributed by atoms with Crippen LogP contribution in [-0.4, -0.2) is 17.5 Å². The number of anilines is 2. The fourth-order valence-corrected chi connectivity index (χ4v) is 2.14. The minimum atomic E-state index is -1.03. The van der Waals surface area contributed by atoms with Crippen LogP contribution in [0.25, 0.3) is 0 Å². The first-order valence-corrected chi connectivity index (χ1v) is 6.33. The van der Waals surface area contributed by atoms with Crippen LogP contribution in [0.4, 0.5) is 16.2 Å². The van der Waals surface area contributed by atoms with Crippen molar-refractivity contribution < 1.29 is 14.3 Å². The van der Waals surface area contributed by atoms with Crippen molar-refractivity contribution in [2.45, 2.75) is 33.2 Å². The third-order valence-corrected chi connectivity index (χ3v) is 3.20. The van der Waals surface area contributed by atoms with Crippen molar-refractivity contribution in [3.63, 3.8) is 0 Å². The number of nitrogens with one attached hydrogen (secondary N) is 1. The standard InChI is InChI=1S/C15H18N2O3/c1-9(2)20-14(19)17-12-7-6-10(3)8-11(12)16-13(18)15(17,4)5/h6-8H,1H2,2-5H3,(H,16,18). The lowest BCUT2D eigenvalue weighted by Crippen LogP contribution is -2.58. The van der Waals surface area contributed by atoms with Crippen molar-refractivity contribution in [1.29, 1.82) is 0 Å². The molecule has 1 heterocycles. The van der Waals surface area contributed by atoms with Gasteiger partial charge in [0.2, 0.25) is 5.91 Å². The van der Waals surface area contributed by atoms with Gasteiger partial charge in [0.1, 0.15) is 5.54 Å². The van der Waals surface area contributed by atoms with Gasteiger partial charge in [-0.05, 0) is 45.4 Å². The largest absolute Gasteiger partial charge is 0.420 e. The van der Waals surface area contributed by atoms with E-state index in [-0.39, 0.29) is 11.7 Å². The van der Waals surface area contributed by atoms with E-state index in [0.717, 1.165) is 5.56 Å². The molecule has 1 aliphatic heterocycles. The zero-order valence-electron chi connectivity index (χ0n) is 12.1. The maximum Gasteiger partial charge on any atom is 0.420 e. The molecule has 5 heteroatoms. The molecule has 1 aromatic carbocycles. The average molecular weight is 274 g/mol. The number of aryl methyl sites for hydroxylation is 1. The SMILES string of the molecule is C=C(C)OC(=O)N1c2ccc(C)cc2NC(=O)C1(C)C. The van der Waals surface area contributed by atoms with Crippen LogP contribution >= 0.6 is 0 Å². The molecule has 5 nitrogen and oxygen atoms in total. The molecule has 0 saturated heterocycles. The molecule has 20 heavy (non-hydrogen) atoms. The zero-order valence-corrected chi connectivity index (χ0v) is 12.1. The van der Waals surface area contributed by atoms with Gasteiger partial charge >= 0.3 is 6.09 Å². The van der Waals surface area contributed by atoms with Crippen LogP contribution in [0.5, 0.6) is 0 Å². The molecule has 1 N–H and O–H groups in total. The van der Waals surface area contributed by atoms with Crippen LogP contribution in [0.15, 0.2) is 30.5 Å². The number of hydrogen-bond acceptors (Lipinski definition) is 3. The molecular formula is C15H18N2O3. The van der Waals surface area contributed by atoms with Gasteiger partial charge in [-0.2, -0.15) is 0 Å². The average Bonchev–Trinajstić information content (AvgIpc) is 2.29. The number of ether oxygens (including phenoxy) is 1. The Morgan fingerprint density at radius 1 is 1.40 bits per heavy atom. The van der Waals surface area contributed by atoms with Crippen LogP contribution in [0.2, 0.25) is 0 Å². The summed E-state index contributed by atoms with van der Waals surface area (Å²) in [5.74, 6) is 0.0275. The molecule has 0 bridgehead atoms. The van der Waals surface area contributed by atoms with E-state index in [1.165, 1.54) is 4.90 Å². The highest BCUT2D eigenvalue weighted by atomic mass is 16.6. The van der Waals surface area contributed by atoms with Crippen molar-refractivity contribution in [1.82, 2.24) is 0 Å². The van der Waals surface area contributed by atoms with Crippen molar-refractivity contribution in [2.75, 3.05) is 10.2 Å². The normalized spacial score (nSPS) is 16.2. The van der Waals surface area contributed by atoms with Gasteiger partial charge in [-0.1, -0.05) is 12.6 Å². The number of benzene rings is 1. The summed E-state index contributed by atoms with van der Waals surface area (Å²) in [5.41, 5.74) is 1.19. The summed E-state index contributed by atoms with van der Waals surface area (Å²) in [5, 5.41) is 2.82. The van der Waals surface area contributed by atoms with E-state index in [4.69, 9.17) is 4.74 Å². The van der Waals surface area contributed by atoms with Crippen molar-refractivity contribution in [3.05, 3.63) is 36.1 Å². The summed E-state index contributed by atoms with van der Waals surface area (Å²) in [6.45, 7) is 10.4. The van der Waals surface area contributed by atoms with Gasteiger partial charge in [-0.25, -0.2) is 4.79 Å². The third kappa shape index (κ3) is 2.27. The third-order valence-electron chi connectivity index (χ3n) is 3.20. The molecule has 106 valence electrons. The van der Waals surface area contributed by atoms with E-state index in [1.807, 2.05) is 19.1 Å². The highest BCUT2D eigenvalue weighted by Crippen LogP contribution is 2.38. The molecule has 0 fully saturated rings. The van der Waals surface area contributed by atoms with Crippen molar-refractivity contribution >= 4 is 23.4 Å². The Balaban J connectivity index is 2.54. The van der Waals surface area contributed by atoms with E-state index in [2.05, 4.69) is 11.9 Å². The predicted molar refractivity (Wildman–Crippen MR) is 77.7 cm³/mol. The van der Waals surface area contributed by atoms with Crippen LogP contribution < -0.4 is 10.2 Å². The fourth-order valence-electron chi connectivity index (χ4n) is 2.14. The van der Waals surface area contributed by atoms with Crippen LogP contribution in [0, 0.1) is 6.92 Å². The highest BCUT2D eigenvalue weighted by molar-refractivity contribution is 6.12.